The zero-order chi connectivity index (χ0) is 25.5. The van der Waals surface area contributed by atoms with Gasteiger partial charge in [0, 0.05) is 43.4 Å². The molecule has 1 saturated heterocycles. The first kappa shape index (κ1) is 23.3. The van der Waals surface area contributed by atoms with Crippen molar-refractivity contribution in [2.24, 2.45) is 5.92 Å². The Kier molecular flexibility index (Phi) is 5.91. The molecule has 0 saturated carbocycles. The highest BCUT2D eigenvalue weighted by atomic mass is 19.1. The van der Waals surface area contributed by atoms with Crippen LogP contribution in [0.2, 0.25) is 0 Å². The molecule has 0 spiro atoms. The molecule has 6 nitrogen and oxygen atoms in total. The lowest BCUT2D eigenvalue weighted by atomic mass is 9.80. The molecule has 0 N–H and O–H groups in total. The van der Waals surface area contributed by atoms with Crippen LogP contribution in [0.15, 0.2) is 73.1 Å². The monoisotopic (exact) mass is 494 g/mol. The van der Waals surface area contributed by atoms with Crippen molar-refractivity contribution < 1.29 is 14.0 Å². The summed E-state index contributed by atoms with van der Waals surface area (Å²) in [6.07, 6.45) is 5.44. The van der Waals surface area contributed by atoms with Gasteiger partial charge in [0.1, 0.15) is 11.6 Å². The van der Waals surface area contributed by atoms with Gasteiger partial charge in [-0.2, -0.15) is 5.10 Å². The Hall–Kier alpha value is -4.13. The van der Waals surface area contributed by atoms with E-state index in [4.69, 9.17) is 0 Å². The third-order valence-electron chi connectivity index (χ3n) is 7.69. The van der Waals surface area contributed by atoms with Crippen LogP contribution >= 0.6 is 0 Å². The number of piperidine rings is 1. The second kappa shape index (κ2) is 9.39. The van der Waals surface area contributed by atoms with Gasteiger partial charge in [0.25, 0.3) is 5.91 Å². The van der Waals surface area contributed by atoms with Gasteiger partial charge in [-0.25, -0.2) is 9.07 Å². The highest BCUT2D eigenvalue weighted by Gasteiger charge is 2.38. The van der Waals surface area contributed by atoms with Crippen LogP contribution in [-0.2, 0) is 11.2 Å². The molecule has 0 bridgehead atoms. The normalized spacial score (nSPS) is 17.7. The number of aryl methyl sites for hydroxylation is 1. The fraction of sp³-hybridized carbons (Fsp3) is 0.267. The number of amides is 1. The van der Waals surface area contributed by atoms with E-state index < -0.39 is 0 Å². The maximum Gasteiger partial charge on any atom is 0.274 e. The number of fused-ring (bicyclic) bond motifs is 1. The number of pyridine rings is 1. The van der Waals surface area contributed by atoms with Crippen LogP contribution in [0.3, 0.4) is 0 Å². The van der Waals surface area contributed by atoms with E-state index in [-0.39, 0.29) is 29.3 Å². The number of carbonyl (C=O) groups is 2. The summed E-state index contributed by atoms with van der Waals surface area (Å²) in [7, 11) is 0. The number of rotatable bonds is 4. The number of carbonyl (C=O) groups excluding carboxylic acids is 2. The summed E-state index contributed by atoms with van der Waals surface area (Å²) in [6.45, 7) is 2.86. The van der Waals surface area contributed by atoms with Crippen molar-refractivity contribution in [1.29, 1.82) is 0 Å². The number of hydrogen-bond donors (Lipinski definition) is 0. The molecule has 1 fully saturated rings. The first-order valence-electron chi connectivity index (χ1n) is 12.7. The number of aromatic nitrogens is 3. The predicted octanol–water partition coefficient (Wildman–Crippen LogP) is 5.14. The first-order chi connectivity index (χ1) is 18.0. The minimum absolute atomic E-state index is 0.0683. The maximum absolute atomic E-state index is 14.4. The van der Waals surface area contributed by atoms with Crippen LogP contribution in [0, 0.1) is 18.7 Å². The number of nitrogens with zero attached hydrogens (tertiary/aromatic N) is 4. The summed E-state index contributed by atoms with van der Waals surface area (Å²) in [5.74, 6) is -0.0344. The molecule has 4 aromatic rings. The smallest absolute Gasteiger partial charge is 0.274 e. The van der Waals surface area contributed by atoms with E-state index in [9.17, 15) is 14.0 Å². The predicted molar refractivity (Wildman–Crippen MR) is 138 cm³/mol. The Labute approximate surface area is 214 Å². The van der Waals surface area contributed by atoms with Crippen LogP contribution in [0.1, 0.15) is 45.9 Å². The fourth-order valence-corrected chi connectivity index (χ4v) is 5.70. The van der Waals surface area contributed by atoms with E-state index in [1.54, 1.807) is 42.2 Å². The standard InChI is InChI=1S/C30H27FN4O2/c1-19-8-9-23(16-25(19)31)35-27(22-6-4-12-32-18-22)17-26(33-35)30(37)34-13-10-20(11-14-34)29-24-7-3-2-5-21(24)15-28(29)36/h2-9,12,16-18,20,29H,10-11,13-15H2,1H3. The van der Waals surface area contributed by atoms with E-state index in [0.29, 0.717) is 42.1 Å². The Morgan fingerprint density at radius 2 is 1.84 bits per heavy atom. The van der Waals surface area contributed by atoms with Gasteiger partial charge in [-0.3, -0.25) is 14.6 Å². The van der Waals surface area contributed by atoms with Crippen molar-refractivity contribution in [1.82, 2.24) is 19.7 Å². The molecule has 1 aliphatic heterocycles. The van der Waals surface area contributed by atoms with Crippen molar-refractivity contribution in [2.45, 2.75) is 32.1 Å². The molecule has 7 heteroatoms. The molecular formula is C30H27FN4O2. The maximum atomic E-state index is 14.4. The molecule has 186 valence electrons. The number of benzene rings is 2. The summed E-state index contributed by atoms with van der Waals surface area (Å²) in [5.41, 5.74) is 5.13. The molecule has 1 aliphatic carbocycles. The number of ketones is 1. The van der Waals surface area contributed by atoms with Gasteiger partial charge in [0.05, 0.1) is 11.4 Å². The number of hydrogen-bond acceptors (Lipinski definition) is 4. The molecule has 2 aromatic heterocycles. The van der Waals surface area contributed by atoms with Gasteiger partial charge in [0.15, 0.2) is 5.69 Å². The summed E-state index contributed by atoms with van der Waals surface area (Å²) in [6, 6.07) is 18.5. The summed E-state index contributed by atoms with van der Waals surface area (Å²) in [5, 5.41) is 4.62. The quantitative estimate of drug-likeness (QED) is 0.394. The first-order valence-corrected chi connectivity index (χ1v) is 12.7. The minimum atomic E-state index is -0.330. The third-order valence-corrected chi connectivity index (χ3v) is 7.69. The average molecular weight is 495 g/mol. The van der Waals surface area contributed by atoms with Gasteiger partial charge in [-0.1, -0.05) is 30.3 Å². The van der Waals surface area contributed by atoms with Crippen molar-refractivity contribution in [3.8, 4) is 16.9 Å². The van der Waals surface area contributed by atoms with Gasteiger partial charge >= 0.3 is 0 Å². The highest BCUT2D eigenvalue weighted by molar-refractivity contribution is 5.94. The number of halogens is 1. The van der Waals surface area contributed by atoms with Crippen LogP contribution in [0.5, 0.6) is 0 Å². The molecular weight excluding hydrogens is 467 g/mol. The minimum Gasteiger partial charge on any atom is -0.337 e. The Morgan fingerprint density at radius 3 is 2.59 bits per heavy atom. The van der Waals surface area contributed by atoms with Gasteiger partial charge in [-0.15, -0.1) is 0 Å². The summed E-state index contributed by atoms with van der Waals surface area (Å²) < 4.78 is 16.0. The lowest BCUT2D eigenvalue weighted by molar-refractivity contribution is -0.120. The largest absolute Gasteiger partial charge is 0.337 e. The molecule has 2 aromatic carbocycles. The lowest BCUT2D eigenvalue weighted by Crippen LogP contribution is -2.40. The van der Waals surface area contributed by atoms with Crippen molar-refractivity contribution >= 4 is 11.7 Å². The molecule has 3 heterocycles. The second-order valence-corrected chi connectivity index (χ2v) is 9.95. The van der Waals surface area contributed by atoms with Crippen LogP contribution < -0.4 is 0 Å². The molecule has 1 amide bonds. The van der Waals surface area contributed by atoms with Crippen molar-refractivity contribution in [2.75, 3.05) is 13.1 Å². The zero-order valence-corrected chi connectivity index (χ0v) is 20.6. The lowest BCUT2D eigenvalue weighted by Gasteiger charge is -2.34. The Bertz CT molecular complexity index is 1490. The molecule has 37 heavy (non-hydrogen) atoms. The number of Topliss-reactive ketones (excluding diaryl/α,β-unsaturated/α-hetero) is 1. The van der Waals surface area contributed by atoms with Crippen molar-refractivity contribution in [3.63, 3.8) is 0 Å². The summed E-state index contributed by atoms with van der Waals surface area (Å²) in [4.78, 5) is 32.3. The average Bonchev–Trinajstić information content (AvgIpc) is 3.51. The van der Waals surface area contributed by atoms with Gasteiger partial charge < -0.3 is 4.90 Å². The van der Waals surface area contributed by atoms with E-state index in [1.165, 1.54) is 6.07 Å². The molecule has 1 unspecified atom stereocenters. The van der Waals surface area contributed by atoms with Crippen molar-refractivity contribution in [3.05, 3.63) is 101 Å². The van der Waals surface area contributed by atoms with Gasteiger partial charge in [0.2, 0.25) is 0 Å². The molecule has 0 radical (unpaired) electrons. The van der Waals surface area contributed by atoms with E-state index >= 15 is 0 Å². The Balaban J connectivity index is 1.25. The highest BCUT2D eigenvalue weighted by Crippen LogP contribution is 2.40. The van der Waals surface area contributed by atoms with Crippen LogP contribution in [0.4, 0.5) is 4.39 Å². The van der Waals surface area contributed by atoms with Crippen LogP contribution in [0.25, 0.3) is 16.9 Å². The molecule has 1 atom stereocenters. The van der Waals surface area contributed by atoms with E-state index in [1.807, 2.05) is 35.2 Å². The van der Waals surface area contributed by atoms with E-state index in [2.05, 4.69) is 16.1 Å². The zero-order valence-electron chi connectivity index (χ0n) is 20.6. The van der Waals surface area contributed by atoms with E-state index in [0.717, 1.165) is 29.5 Å². The van der Waals surface area contributed by atoms with Crippen LogP contribution in [-0.4, -0.2) is 44.4 Å². The third kappa shape index (κ3) is 4.24. The SMILES string of the molecule is Cc1ccc(-n2nc(C(=O)N3CCC(C4C(=O)Cc5ccccc54)CC3)cc2-c2cccnc2)cc1F. The Morgan fingerprint density at radius 1 is 1.03 bits per heavy atom. The number of likely N-dealkylation sites (tertiary alicyclic amines) is 1. The summed E-state index contributed by atoms with van der Waals surface area (Å²) >= 11 is 0. The molecule has 6 rings (SSSR count). The van der Waals surface area contributed by atoms with Gasteiger partial charge in [-0.05, 0) is 72.7 Å². The molecule has 2 aliphatic rings. The topological polar surface area (TPSA) is 68.1 Å². The second-order valence-electron chi connectivity index (χ2n) is 9.95. The fourth-order valence-electron chi connectivity index (χ4n) is 5.70.